The van der Waals surface area contributed by atoms with Crippen LogP contribution in [-0.2, 0) is 0 Å². The lowest BCUT2D eigenvalue weighted by atomic mass is 9.59. The summed E-state index contributed by atoms with van der Waals surface area (Å²) in [6, 6.07) is 8.34. The fourth-order valence-corrected chi connectivity index (χ4v) is 4.18. The van der Waals surface area contributed by atoms with Crippen molar-refractivity contribution in [2.75, 3.05) is 0 Å². The van der Waals surface area contributed by atoms with Gasteiger partial charge in [-0.1, -0.05) is 29.8 Å². The van der Waals surface area contributed by atoms with Crippen LogP contribution in [0.4, 0.5) is 0 Å². The van der Waals surface area contributed by atoms with Crippen LogP contribution < -0.4 is 0 Å². The van der Waals surface area contributed by atoms with Gasteiger partial charge in [-0.2, -0.15) is 0 Å². The normalized spacial score (nSPS) is 20.0. The molecule has 2 aromatic heterocycles. The van der Waals surface area contributed by atoms with Gasteiger partial charge in [0.15, 0.2) is 0 Å². The number of hydrogen-bond acceptors (Lipinski definition) is 2. The Hall–Kier alpha value is -1.68. The molecule has 1 aliphatic rings. The zero-order chi connectivity index (χ0) is 15.3. The summed E-state index contributed by atoms with van der Waals surface area (Å²) >= 11 is 3.77. The van der Waals surface area contributed by atoms with Crippen molar-refractivity contribution in [1.82, 2.24) is 14.5 Å². The molecule has 1 atom stereocenters. The van der Waals surface area contributed by atoms with Gasteiger partial charge in [-0.25, -0.2) is 9.97 Å². The second kappa shape index (κ2) is 4.92. The summed E-state index contributed by atoms with van der Waals surface area (Å²) < 4.78 is 3.28. The molecular weight excluding hydrogens is 338 g/mol. The predicted octanol–water partition coefficient (Wildman–Crippen LogP) is 5.09. The van der Waals surface area contributed by atoms with Crippen LogP contribution in [0.25, 0.3) is 16.9 Å². The molecule has 0 N–H and O–H groups in total. The first kappa shape index (κ1) is 13.9. The minimum atomic E-state index is 0.377. The molecule has 0 spiro atoms. The zero-order valence-corrected chi connectivity index (χ0v) is 14.3. The molecule has 0 bridgehead atoms. The highest BCUT2D eigenvalue weighted by atomic mass is 79.9. The minimum absolute atomic E-state index is 0.377. The van der Waals surface area contributed by atoms with Gasteiger partial charge < -0.3 is 0 Å². The number of hydrogen-bond donors (Lipinski definition) is 0. The van der Waals surface area contributed by atoms with Gasteiger partial charge in [0.2, 0.25) is 5.95 Å². The van der Waals surface area contributed by atoms with Gasteiger partial charge in [-0.05, 0) is 54.0 Å². The molecule has 1 saturated carbocycles. The van der Waals surface area contributed by atoms with E-state index in [4.69, 9.17) is 0 Å². The largest absolute Gasteiger partial charge is 0.285 e. The number of fused-ring (bicyclic) bond motifs is 1. The quantitative estimate of drug-likeness (QED) is 0.641. The van der Waals surface area contributed by atoms with E-state index in [1.54, 1.807) is 12.4 Å². The highest BCUT2D eigenvalue weighted by Gasteiger charge is 2.41. The van der Waals surface area contributed by atoms with E-state index in [-0.39, 0.29) is 0 Å². The third kappa shape index (κ3) is 2.01. The van der Waals surface area contributed by atoms with E-state index in [9.17, 15) is 0 Å². The Morgan fingerprint density at radius 1 is 1.18 bits per heavy atom. The molecule has 3 nitrogen and oxygen atoms in total. The first-order chi connectivity index (χ1) is 10.6. The lowest BCUT2D eigenvalue weighted by Gasteiger charge is -2.45. The maximum Gasteiger partial charge on any atom is 0.234 e. The number of halogens is 1. The molecule has 1 aromatic carbocycles. The summed E-state index contributed by atoms with van der Waals surface area (Å²) in [6.45, 7) is 4.73. The highest BCUT2D eigenvalue weighted by molar-refractivity contribution is 9.10. The summed E-state index contributed by atoms with van der Waals surface area (Å²) in [5.41, 5.74) is 2.98. The van der Waals surface area contributed by atoms with Crippen molar-refractivity contribution >= 4 is 26.8 Å². The third-order valence-corrected chi connectivity index (χ3v) is 5.69. The average Bonchev–Trinajstić information content (AvgIpc) is 2.94. The van der Waals surface area contributed by atoms with Crippen LogP contribution in [-0.4, -0.2) is 14.5 Å². The number of benzene rings is 1. The molecule has 0 saturated heterocycles. The van der Waals surface area contributed by atoms with Crippen molar-refractivity contribution in [2.24, 2.45) is 5.41 Å². The smallest absolute Gasteiger partial charge is 0.234 e. The lowest BCUT2D eigenvalue weighted by Crippen LogP contribution is -2.32. The topological polar surface area (TPSA) is 30.7 Å². The van der Waals surface area contributed by atoms with E-state index in [1.807, 2.05) is 6.07 Å². The fraction of sp³-hybridized carbons (Fsp3) is 0.333. The van der Waals surface area contributed by atoms with Crippen LogP contribution in [0.5, 0.6) is 0 Å². The Morgan fingerprint density at radius 3 is 2.59 bits per heavy atom. The van der Waals surface area contributed by atoms with Crippen molar-refractivity contribution in [1.29, 1.82) is 0 Å². The Balaban J connectivity index is 1.92. The molecule has 0 amide bonds. The number of nitrogens with zero attached hydrogens (tertiary/aromatic N) is 3. The molecular formula is C18H18BrN3. The maximum atomic E-state index is 4.37. The molecule has 3 aromatic rings. The molecule has 4 rings (SSSR count). The molecule has 1 fully saturated rings. The van der Waals surface area contributed by atoms with E-state index < -0.39 is 0 Å². The Bertz CT molecular complexity index is 836. The van der Waals surface area contributed by atoms with Crippen LogP contribution in [0, 0.1) is 5.41 Å². The Labute approximate surface area is 138 Å². The molecule has 4 heteroatoms. The van der Waals surface area contributed by atoms with Gasteiger partial charge in [0.05, 0.1) is 5.52 Å². The minimum Gasteiger partial charge on any atom is -0.285 e. The summed E-state index contributed by atoms with van der Waals surface area (Å²) in [7, 11) is 0. The molecule has 0 aliphatic heterocycles. The molecule has 1 unspecified atom stereocenters. The molecule has 22 heavy (non-hydrogen) atoms. The van der Waals surface area contributed by atoms with E-state index >= 15 is 0 Å². The van der Waals surface area contributed by atoms with E-state index in [0.717, 1.165) is 5.95 Å². The van der Waals surface area contributed by atoms with Gasteiger partial charge in [-0.3, -0.25) is 4.57 Å². The molecule has 112 valence electrons. The second-order valence-corrected chi connectivity index (χ2v) is 7.56. The molecule has 1 aliphatic carbocycles. The first-order valence-corrected chi connectivity index (χ1v) is 8.44. The van der Waals surface area contributed by atoms with Crippen molar-refractivity contribution < 1.29 is 0 Å². The van der Waals surface area contributed by atoms with Crippen molar-refractivity contribution in [3.63, 3.8) is 0 Å². The lowest BCUT2D eigenvalue weighted by molar-refractivity contribution is 0.140. The van der Waals surface area contributed by atoms with Gasteiger partial charge in [0.25, 0.3) is 0 Å². The fourth-order valence-electron chi connectivity index (χ4n) is 3.56. The standard InChI is InChI=1S/C18H18BrN3/c1-18(2)8-6-13(18)16-12-7-11-22(15(12)5-4-14(16)19)17-20-9-3-10-21-17/h3-5,7,9-11,13H,6,8H2,1-2H3. The SMILES string of the molecule is CC1(C)CCC1c1c(Br)ccc2c1ccn2-c1ncccn1. The Morgan fingerprint density at radius 2 is 1.95 bits per heavy atom. The zero-order valence-electron chi connectivity index (χ0n) is 12.8. The van der Waals surface area contributed by atoms with Crippen molar-refractivity contribution in [3.05, 3.63) is 52.9 Å². The van der Waals surface area contributed by atoms with Crippen LogP contribution in [0.15, 0.2) is 47.3 Å². The van der Waals surface area contributed by atoms with Gasteiger partial charge in [-0.15, -0.1) is 0 Å². The highest BCUT2D eigenvalue weighted by Crippen LogP contribution is 2.55. The third-order valence-electron chi connectivity index (χ3n) is 5.00. The van der Waals surface area contributed by atoms with E-state index in [2.05, 4.69) is 68.7 Å². The van der Waals surface area contributed by atoms with Crippen molar-refractivity contribution in [2.45, 2.75) is 32.6 Å². The number of aromatic nitrogens is 3. The molecule has 0 radical (unpaired) electrons. The predicted molar refractivity (Wildman–Crippen MR) is 92.3 cm³/mol. The van der Waals surface area contributed by atoms with Crippen LogP contribution in [0.3, 0.4) is 0 Å². The van der Waals surface area contributed by atoms with Crippen molar-refractivity contribution in [3.8, 4) is 5.95 Å². The number of rotatable bonds is 2. The average molecular weight is 356 g/mol. The Kier molecular flexibility index (Phi) is 3.12. The maximum absolute atomic E-state index is 4.37. The summed E-state index contributed by atoms with van der Waals surface area (Å²) in [6.07, 6.45) is 8.19. The molecule has 2 heterocycles. The summed E-state index contributed by atoms with van der Waals surface area (Å²) in [4.78, 5) is 8.74. The van der Waals surface area contributed by atoms with Gasteiger partial charge in [0, 0.05) is 28.4 Å². The first-order valence-electron chi connectivity index (χ1n) is 7.65. The second-order valence-electron chi connectivity index (χ2n) is 6.71. The summed E-state index contributed by atoms with van der Waals surface area (Å²) in [5, 5.41) is 1.31. The van der Waals surface area contributed by atoms with Crippen LogP contribution >= 0.6 is 15.9 Å². The van der Waals surface area contributed by atoms with Crippen LogP contribution in [0.1, 0.15) is 38.2 Å². The van der Waals surface area contributed by atoms with E-state index in [1.165, 1.54) is 33.8 Å². The van der Waals surface area contributed by atoms with Gasteiger partial charge in [0.1, 0.15) is 0 Å². The monoisotopic (exact) mass is 355 g/mol. The van der Waals surface area contributed by atoms with Gasteiger partial charge >= 0.3 is 0 Å². The van der Waals surface area contributed by atoms with Crippen LogP contribution in [0.2, 0.25) is 0 Å². The van der Waals surface area contributed by atoms with E-state index in [0.29, 0.717) is 11.3 Å². The summed E-state index contributed by atoms with van der Waals surface area (Å²) in [5.74, 6) is 1.33.